The highest BCUT2D eigenvalue weighted by Gasteiger charge is 2.26. The van der Waals surface area contributed by atoms with Crippen molar-refractivity contribution in [3.05, 3.63) is 58.6 Å². The number of halogens is 1. The Morgan fingerprint density at radius 3 is 2.50 bits per heavy atom. The van der Waals surface area contributed by atoms with Gasteiger partial charge in [0.05, 0.1) is 17.6 Å². The molecule has 0 saturated carbocycles. The summed E-state index contributed by atoms with van der Waals surface area (Å²) < 4.78 is 0. The van der Waals surface area contributed by atoms with E-state index < -0.39 is 0 Å². The van der Waals surface area contributed by atoms with Gasteiger partial charge < -0.3 is 5.32 Å². The first-order valence-corrected chi connectivity index (χ1v) is 7.32. The summed E-state index contributed by atoms with van der Waals surface area (Å²) in [5.41, 5.74) is 1.57. The third-order valence-corrected chi connectivity index (χ3v) is 3.36. The van der Waals surface area contributed by atoms with Crippen molar-refractivity contribution in [1.82, 2.24) is 15.3 Å². The van der Waals surface area contributed by atoms with Gasteiger partial charge in [0.1, 0.15) is 0 Å². The van der Waals surface area contributed by atoms with Crippen LogP contribution in [0.4, 0.5) is 0 Å². The Morgan fingerprint density at radius 2 is 1.86 bits per heavy atom. The second-order valence-electron chi connectivity index (χ2n) is 5.73. The van der Waals surface area contributed by atoms with Gasteiger partial charge in [0.2, 0.25) is 0 Å². The van der Waals surface area contributed by atoms with Crippen LogP contribution in [0.25, 0.3) is 0 Å². The lowest BCUT2D eigenvalue weighted by atomic mass is 10.1. The number of benzene rings is 1. The molecule has 1 aliphatic rings. The minimum atomic E-state index is -0.0379. The first-order chi connectivity index (χ1) is 10.5. The fourth-order valence-corrected chi connectivity index (χ4v) is 2.22. The fraction of sp³-hybridized carbons (Fsp3) is 0.235. The SMILES string of the molecule is CC1(C)CN=C(c2ncc(C#Cc3cccc(Cl)c3)cn2)N1. The second-order valence-corrected chi connectivity index (χ2v) is 6.17. The van der Waals surface area contributed by atoms with E-state index in [9.17, 15) is 0 Å². The highest BCUT2D eigenvalue weighted by atomic mass is 35.5. The third kappa shape index (κ3) is 3.44. The Balaban J connectivity index is 1.76. The molecule has 0 amide bonds. The number of nitrogens with one attached hydrogen (secondary N) is 1. The van der Waals surface area contributed by atoms with Gasteiger partial charge in [-0.15, -0.1) is 0 Å². The number of amidine groups is 1. The lowest BCUT2D eigenvalue weighted by molar-refractivity contribution is 0.506. The van der Waals surface area contributed by atoms with Gasteiger partial charge >= 0.3 is 0 Å². The zero-order valence-electron chi connectivity index (χ0n) is 12.4. The van der Waals surface area contributed by atoms with Crippen molar-refractivity contribution >= 4 is 17.4 Å². The highest BCUT2D eigenvalue weighted by molar-refractivity contribution is 6.30. The maximum Gasteiger partial charge on any atom is 0.195 e. The minimum absolute atomic E-state index is 0.0379. The number of hydrogen-bond acceptors (Lipinski definition) is 4. The van der Waals surface area contributed by atoms with Gasteiger partial charge in [-0.2, -0.15) is 0 Å². The Labute approximate surface area is 134 Å². The summed E-state index contributed by atoms with van der Waals surface area (Å²) >= 11 is 5.93. The van der Waals surface area contributed by atoms with E-state index in [4.69, 9.17) is 11.6 Å². The molecule has 2 aromatic rings. The van der Waals surface area contributed by atoms with Gasteiger partial charge in [-0.1, -0.05) is 29.5 Å². The van der Waals surface area contributed by atoms with E-state index in [1.165, 1.54) is 0 Å². The second kappa shape index (κ2) is 5.78. The predicted molar refractivity (Wildman–Crippen MR) is 88.1 cm³/mol. The monoisotopic (exact) mass is 310 g/mol. The molecule has 0 saturated heterocycles. The summed E-state index contributed by atoms with van der Waals surface area (Å²) in [6.45, 7) is 4.91. The van der Waals surface area contributed by atoms with Crippen LogP contribution in [0.2, 0.25) is 5.02 Å². The van der Waals surface area contributed by atoms with Gasteiger partial charge in [-0.25, -0.2) is 9.97 Å². The summed E-state index contributed by atoms with van der Waals surface area (Å²) in [6.07, 6.45) is 3.41. The molecule has 110 valence electrons. The smallest absolute Gasteiger partial charge is 0.195 e. The number of rotatable bonds is 1. The van der Waals surface area contributed by atoms with Gasteiger partial charge in [0, 0.05) is 23.0 Å². The highest BCUT2D eigenvalue weighted by Crippen LogP contribution is 2.12. The topological polar surface area (TPSA) is 50.2 Å². The predicted octanol–water partition coefficient (Wildman–Crippen LogP) is 2.66. The van der Waals surface area contributed by atoms with E-state index >= 15 is 0 Å². The van der Waals surface area contributed by atoms with Crippen LogP contribution in [0, 0.1) is 11.8 Å². The zero-order chi connectivity index (χ0) is 15.6. The van der Waals surface area contributed by atoms with Crippen molar-refractivity contribution in [2.45, 2.75) is 19.4 Å². The van der Waals surface area contributed by atoms with Gasteiger partial charge in [0.25, 0.3) is 0 Å². The van der Waals surface area contributed by atoms with Gasteiger partial charge in [-0.05, 0) is 32.0 Å². The van der Waals surface area contributed by atoms with E-state index in [2.05, 4.69) is 46.0 Å². The zero-order valence-corrected chi connectivity index (χ0v) is 13.1. The Hall–Kier alpha value is -2.38. The summed E-state index contributed by atoms with van der Waals surface area (Å²) in [7, 11) is 0. The molecule has 3 rings (SSSR count). The molecule has 5 heteroatoms. The molecule has 1 aromatic heterocycles. The average molecular weight is 311 g/mol. The lowest BCUT2D eigenvalue weighted by Gasteiger charge is -2.17. The lowest BCUT2D eigenvalue weighted by Crippen LogP contribution is -2.40. The Morgan fingerprint density at radius 1 is 1.14 bits per heavy atom. The van der Waals surface area contributed by atoms with E-state index in [1.807, 2.05) is 24.3 Å². The van der Waals surface area contributed by atoms with E-state index in [1.54, 1.807) is 12.4 Å². The molecular weight excluding hydrogens is 296 g/mol. The van der Waals surface area contributed by atoms with Crippen LogP contribution in [0.5, 0.6) is 0 Å². The molecule has 4 nitrogen and oxygen atoms in total. The molecule has 0 atom stereocenters. The maximum atomic E-state index is 5.93. The first-order valence-electron chi connectivity index (χ1n) is 6.94. The van der Waals surface area contributed by atoms with Crippen LogP contribution < -0.4 is 5.32 Å². The Bertz CT molecular complexity index is 782. The van der Waals surface area contributed by atoms with Crippen molar-refractivity contribution in [2.75, 3.05) is 6.54 Å². The Kier molecular flexibility index (Phi) is 3.82. The largest absolute Gasteiger partial charge is 0.360 e. The summed E-state index contributed by atoms with van der Waals surface area (Å²) in [6, 6.07) is 7.43. The quantitative estimate of drug-likeness (QED) is 0.824. The minimum Gasteiger partial charge on any atom is -0.360 e. The van der Waals surface area contributed by atoms with Crippen LogP contribution in [0.1, 0.15) is 30.8 Å². The third-order valence-electron chi connectivity index (χ3n) is 3.13. The van der Waals surface area contributed by atoms with Crippen LogP contribution in [-0.2, 0) is 0 Å². The summed E-state index contributed by atoms with van der Waals surface area (Å²) in [5.74, 6) is 7.40. The normalized spacial score (nSPS) is 15.5. The van der Waals surface area contributed by atoms with Crippen molar-refractivity contribution in [1.29, 1.82) is 0 Å². The van der Waals surface area contributed by atoms with E-state index in [0.717, 1.165) is 23.5 Å². The average Bonchev–Trinajstić information content (AvgIpc) is 2.86. The molecule has 2 heterocycles. The van der Waals surface area contributed by atoms with Crippen molar-refractivity contribution in [3.8, 4) is 11.8 Å². The number of aliphatic imine (C=N–C) groups is 1. The van der Waals surface area contributed by atoms with Crippen molar-refractivity contribution in [2.24, 2.45) is 4.99 Å². The number of nitrogens with zero attached hydrogens (tertiary/aromatic N) is 3. The van der Waals surface area contributed by atoms with E-state index in [0.29, 0.717) is 10.8 Å². The molecule has 22 heavy (non-hydrogen) atoms. The molecule has 0 radical (unpaired) electrons. The molecule has 1 N–H and O–H groups in total. The standard InChI is InChI=1S/C17H15ClN4/c1-17(2)11-21-16(22-17)15-19-9-13(10-20-15)7-6-12-4-3-5-14(18)8-12/h3-5,8-10H,11H2,1-2H3,(H,21,22). The number of aromatic nitrogens is 2. The number of hydrogen-bond donors (Lipinski definition) is 1. The summed E-state index contributed by atoms with van der Waals surface area (Å²) in [4.78, 5) is 13.1. The summed E-state index contributed by atoms with van der Waals surface area (Å²) in [5, 5.41) is 3.98. The first kappa shape index (κ1) is 14.6. The molecule has 0 unspecified atom stereocenters. The van der Waals surface area contributed by atoms with Crippen LogP contribution in [-0.4, -0.2) is 27.9 Å². The van der Waals surface area contributed by atoms with Crippen LogP contribution in [0.15, 0.2) is 41.7 Å². The molecular formula is C17H15ClN4. The van der Waals surface area contributed by atoms with Gasteiger partial charge in [-0.3, -0.25) is 4.99 Å². The molecule has 0 fully saturated rings. The molecule has 0 spiro atoms. The van der Waals surface area contributed by atoms with Crippen molar-refractivity contribution < 1.29 is 0 Å². The fourth-order valence-electron chi connectivity index (χ4n) is 2.03. The van der Waals surface area contributed by atoms with Crippen LogP contribution >= 0.6 is 11.6 Å². The molecule has 1 aromatic carbocycles. The molecule has 1 aliphatic heterocycles. The molecule has 0 bridgehead atoms. The van der Waals surface area contributed by atoms with Crippen LogP contribution in [0.3, 0.4) is 0 Å². The van der Waals surface area contributed by atoms with Gasteiger partial charge in [0.15, 0.2) is 11.7 Å². The van der Waals surface area contributed by atoms with Crippen molar-refractivity contribution in [3.63, 3.8) is 0 Å². The maximum absolute atomic E-state index is 5.93. The van der Waals surface area contributed by atoms with E-state index in [-0.39, 0.29) is 5.54 Å². The molecule has 0 aliphatic carbocycles.